The Balaban J connectivity index is 1.77. The van der Waals surface area contributed by atoms with Gasteiger partial charge in [-0.3, -0.25) is 9.59 Å². The lowest BCUT2D eigenvalue weighted by molar-refractivity contribution is -0.120. The molecule has 0 aliphatic rings. The Morgan fingerprint density at radius 2 is 2.00 bits per heavy atom. The zero-order valence-corrected chi connectivity index (χ0v) is 13.6. The Hall–Kier alpha value is -2.14. The second kappa shape index (κ2) is 7.75. The SMILES string of the molecule is Cc1ccccc1C[C@H](C)NC(=O)CNC(=O)c1ccsc1. The highest BCUT2D eigenvalue weighted by atomic mass is 32.1. The molecule has 116 valence electrons. The van der Waals surface area contributed by atoms with Gasteiger partial charge in [-0.05, 0) is 42.8 Å². The summed E-state index contributed by atoms with van der Waals surface area (Å²) in [5.74, 6) is -0.396. The average molecular weight is 316 g/mol. The molecule has 0 aliphatic carbocycles. The number of nitrogens with one attached hydrogen (secondary N) is 2. The normalized spacial score (nSPS) is 11.7. The third-order valence-electron chi connectivity index (χ3n) is 3.39. The summed E-state index contributed by atoms with van der Waals surface area (Å²) in [4.78, 5) is 23.6. The molecule has 0 fully saturated rings. The summed E-state index contributed by atoms with van der Waals surface area (Å²) in [5.41, 5.74) is 3.03. The predicted octanol–water partition coefficient (Wildman–Crippen LogP) is 2.53. The number of aryl methyl sites for hydroxylation is 1. The minimum Gasteiger partial charge on any atom is -0.352 e. The van der Waals surface area contributed by atoms with E-state index < -0.39 is 0 Å². The van der Waals surface area contributed by atoms with E-state index in [-0.39, 0.29) is 24.4 Å². The van der Waals surface area contributed by atoms with Crippen LogP contribution in [0.3, 0.4) is 0 Å². The van der Waals surface area contributed by atoms with E-state index in [1.165, 1.54) is 22.5 Å². The molecule has 1 aromatic heterocycles. The van der Waals surface area contributed by atoms with Gasteiger partial charge in [0.1, 0.15) is 0 Å². The highest BCUT2D eigenvalue weighted by molar-refractivity contribution is 7.08. The van der Waals surface area contributed by atoms with Gasteiger partial charge >= 0.3 is 0 Å². The van der Waals surface area contributed by atoms with Crippen molar-refractivity contribution < 1.29 is 9.59 Å². The highest BCUT2D eigenvalue weighted by Gasteiger charge is 2.11. The van der Waals surface area contributed by atoms with Crippen LogP contribution in [0.25, 0.3) is 0 Å². The maximum absolute atomic E-state index is 11.9. The van der Waals surface area contributed by atoms with E-state index in [4.69, 9.17) is 0 Å². The van der Waals surface area contributed by atoms with Crippen molar-refractivity contribution in [2.75, 3.05) is 6.54 Å². The summed E-state index contributed by atoms with van der Waals surface area (Å²) in [7, 11) is 0. The Morgan fingerprint density at radius 3 is 2.68 bits per heavy atom. The van der Waals surface area contributed by atoms with Crippen LogP contribution >= 0.6 is 11.3 Å². The topological polar surface area (TPSA) is 58.2 Å². The van der Waals surface area contributed by atoms with E-state index in [1.807, 2.05) is 24.4 Å². The summed E-state index contributed by atoms with van der Waals surface area (Å²) < 4.78 is 0. The van der Waals surface area contributed by atoms with E-state index in [0.717, 1.165) is 6.42 Å². The molecule has 1 atom stereocenters. The van der Waals surface area contributed by atoms with E-state index in [1.54, 1.807) is 11.4 Å². The monoisotopic (exact) mass is 316 g/mol. The van der Waals surface area contributed by atoms with Gasteiger partial charge in [-0.1, -0.05) is 24.3 Å². The van der Waals surface area contributed by atoms with E-state index in [2.05, 4.69) is 29.7 Å². The first-order chi connectivity index (χ1) is 10.6. The number of thiophene rings is 1. The molecule has 2 amide bonds. The number of rotatable bonds is 6. The van der Waals surface area contributed by atoms with Crippen LogP contribution in [0.15, 0.2) is 41.1 Å². The molecule has 1 aromatic carbocycles. The van der Waals surface area contributed by atoms with Gasteiger partial charge in [0, 0.05) is 17.0 Å². The van der Waals surface area contributed by atoms with Crippen LogP contribution in [0, 0.1) is 6.92 Å². The van der Waals surface area contributed by atoms with Gasteiger partial charge in [0.15, 0.2) is 0 Å². The van der Waals surface area contributed by atoms with Crippen molar-refractivity contribution >= 4 is 23.2 Å². The summed E-state index contributed by atoms with van der Waals surface area (Å²) in [6.07, 6.45) is 0.775. The van der Waals surface area contributed by atoms with Gasteiger partial charge in [0.2, 0.25) is 5.91 Å². The molecule has 0 spiro atoms. The number of hydrogen-bond acceptors (Lipinski definition) is 3. The number of hydrogen-bond donors (Lipinski definition) is 2. The Bertz CT molecular complexity index is 638. The summed E-state index contributed by atoms with van der Waals surface area (Å²) in [5, 5.41) is 9.12. The minimum absolute atomic E-state index is 0.00715. The second-order valence-electron chi connectivity index (χ2n) is 5.29. The lowest BCUT2D eigenvalue weighted by Crippen LogP contribution is -2.41. The Morgan fingerprint density at radius 1 is 1.23 bits per heavy atom. The number of carbonyl (C=O) groups is 2. The first kappa shape index (κ1) is 16.2. The third kappa shape index (κ3) is 4.70. The maximum atomic E-state index is 11.9. The lowest BCUT2D eigenvalue weighted by atomic mass is 10.0. The summed E-state index contributed by atoms with van der Waals surface area (Å²) in [6, 6.07) is 9.88. The largest absolute Gasteiger partial charge is 0.352 e. The number of carbonyl (C=O) groups excluding carboxylic acids is 2. The second-order valence-corrected chi connectivity index (χ2v) is 6.07. The van der Waals surface area contributed by atoms with Crippen LogP contribution in [-0.4, -0.2) is 24.4 Å². The molecule has 22 heavy (non-hydrogen) atoms. The van der Waals surface area contributed by atoms with Crippen molar-refractivity contribution in [2.45, 2.75) is 26.3 Å². The van der Waals surface area contributed by atoms with Crippen molar-refractivity contribution in [3.8, 4) is 0 Å². The molecular formula is C17H20N2O2S. The fourth-order valence-electron chi connectivity index (χ4n) is 2.20. The molecule has 5 heteroatoms. The van der Waals surface area contributed by atoms with Crippen molar-refractivity contribution in [1.29, 1.82) is 0 Å². The summed E-state index contributed by atoms with van der Waals surface area (Å²) in [6.45, 7) is 4.02. The van der Waals surface area contributed by atoms with Crippen molar-refractivity contribution in [3.63, 3.8) is 0 Å². The van der Waals surface area contributed by atoms with Gasteiger partial charge in [-0.15, -0.1) is 0 Å². The predicted molar refractivity (Wildman–Crippen MR) is 89.1 cm³/mol. The fourth-order valence-corrected chi connectivity index (χ4v) is 2.84. The van der Waals surface area contributed by atoms with E-state index >= 15 is 0 Å². The molecule has 0 saturated carbocycles. The van der Waals surface area contributed by atoms with Crippen LogP contribution < -0.4 is 10.6 Å². The van der Waals surface area contributed by atoms with Crippen LogP contribution in [0.1, 0.15) is 28.4 Å². The molecule has 0 aliphatic heterocycles. The van der Waals surface area contributed by atoms with Crippen LogP contribution in [0.5, 0.6) is 0 Å². The smallest absolute Gasteiger partial charge is 0.252 e. The lowest BCUT2D eigenvalue weighted by Gasteiger charge is -2.15. The zero-order chi connectivity index (χ0) is 15.9. The van der Waals surface area contributed by atoms with Gasteiger partial charge in [0.25, 0.3) is 5.91 Å². The van der Waals surface area contributed by atoms with Crippen molar-refractivity contribution in [2.24, 2.45) is 0 Å². The Kier molecular flexibility index (Phi) is 5.72. The summed E-state index contributed by atoms with van der Waals surface area (Å²) >= 11 is 1.45. The van der Waals surface area contributed by atoms with Crippen molar-refractivity contribution in [3.05, 3.63) is 57.8 Å². The Labute approximate surface area is 134 Å². The quantitative estimate of drug-likeness (QED) is 0.860. The fraction of sp³-hybridized carbons (Fsp3) is 0.294. The standard InChI is InChI=1S/C17H20N2O2S/c1-12-5-3-4-6-14(12)9-13(2)19-16(20)10-18-17(21)15-7-8-22-11-15/h3-8,11,13H,9-10H2,1-2H3,(H,18,21)(H,19,20)/t13-/m0/s1. The molecule has 2 aromatic rings. The minimum atomic E-state index is -0.219. The molecule has 1 heterocycles. The van der Waals surface area contributed by atoms with Crippen LogP contribution in [0.2, 0.25) is 0 Å². The number of amides is 2. The molecule has 2 rings (SSSR count). The van der Waals surface area contributed by atoms with Gasteiger partial charge in [-0.2, -0.15) is 11.3 Å². The molecule has 0 unspecified atom stereocenters. The average Bonchev–Trinajstić information content (AvgIpc) is 3.01. The molecule has 0 saturated heterocycles. The highest BCUT2D eigenvalue weighted by Crippen LogP contribution is 2.09. The number of benzene rings is 1. The molecule has 0 radical (unpaired) electrons. The molecule has 4 nitrogen and oxygen atoms in total. The first-order valence-electron chi connectivity index (χ1n) is 7.20. The molecule has 0 bridgehead atoms. The third-order valence-corrected chi connectivity index (χ3v) is 4.07. The van der Waals surface area contributed by atoms with Gasteiger partial charge in [-0.25, -0.2) is 0 Å². The van der Waals surface area contributed by atoms with Crippen LogP contribution in [0.4, 0.5) is 0 Å². The van der Waals surface area contributed by atoms with E-state index in [9.17, 15) is 9.59 Å². The maximum Gasteiger partial charge on any atom is 0.252 e. The zero-order valence-electron chi connectivity index (χ0n) is 12.8. The van der Waals surface area contributed by atoms with Gasteiger partial charge < -0.3 is 10.6 Å². The molecule has 2 N–H and O–H groups in total. The van der Waals surface area contributed by atoms with Crippen LogP contribution in [-0.2, 0) is 11.2 Å². The van der Waals surface area contributed by atoms with Gasteiger partial charge in [0.05, 0.1) is 6.54 Å². The van der Waals surface area contributed by atoms with E-state index in [0.29, 0.717) is 5.56 Å². The molecular weight excluding hydrogens is 296 g/mol. The van der Waals surface area contributed by atoms with Crippen molar-refractivity contribution in [1.82, 2.24) is 10.6 Å². The first-order valence-corrected chi connectivity index (χ1v) is 8.15.